The topological polar surface area (TPSA) is 79.2 Å². The number of carbonyl (C=O) groups is 2. The molecule has 122 valence electrons. The number of benzene rings is 1. The Balaban J connectivity index is 1.65. The Bertz CT molecular complexity index is 820. The molecule has 2 aromatic rings. The first-order valence-corrected chi connectivity index (χ1v) is 8.52. The van der Waals surface area contributed by atoms with Crippen LogP contribution in [0.5, 0.6) is 0 Å². The molecule has 0 saturated carbocycles. The lowest BCUT2D eigenvalue weighted by Crippen LogP contribution is -2.29. The molecule has 1 aliphatic carbocycles. The van der Waals surface area contributed by atoms with Crippen molar-refractivity contribution in [3.05, 3.63) is 46.3 Å². The van der Waals surface area contributed by atoms with Crippen molar-refractivity contribution in [2.45, 2.75) is 19.3 Å². The average Bonchev–Trinajstić information content (AvgIpc) is 3.05. The molecule has 0 fully saturated rings. The number of rotatable bonds is 5. The van der Waals surface area contributed by atoms with Crippen molar-refractivity contribution in [2.24, 2.45) is 0 Å². The number of carbonyl (C=O) groups excluding carboxylic acids is 2. The molecule has 1 aliphatic rings. The van der Waals surface area contributed by atoms with Crippen molar-refractivity contribution in [3.63, 3.8) is 0 Å². The minimum Gasteiger partial charge on any atom is -0.451 e. The fourth-order valence-corrected chi connectivity index (χ4v) is 3.85. The van der Waals surface area contributed by atoms with E-state index in [9.17, 15) is 9.59 Å². The number of ether oxygens (including phenoxy) is 1. The van der Waals surface area contributed by atoms with Gasteiger partial charge < -0.3 is 10.1 Å². The van der Waals surface area contributed by atoms with Crippen molar-refractivity contribution < 1.29 is 14.3 Å². The molecule has 0 radical (unpaired) electrons. The zero-order valence-corrected chi connectivity index (χ0v) is 13.8. The summed E-state index contributed by atoms with van der Waals surface area (Å²) >= 11 is 1.41. The smallest absolute Gasteiger partial charge is 0.348 e. The van der Waals surface area contributed by atoms with Crippen LogP contribution < -0.4 is 5.32 Å². The maximum absolute atomic E-state index is 12.2. The third-order valence-electron chi connectivity index (χ3n) is 3.83. The van der Waals surface area contributed by atoms with E-state index in [1.54, 1.807) is 0 Å². The van der Waals surface area contributed by atoms with Gasteiger partial charge in [-0.3, -0.25) is 4.79 Å². The molecule has 5 nitrogen and oxygen atoms in total. The Kier molecular flexibility index (Phi) is 4.92. The second-order valence-electron chi connectivity index (χ2n) is 5.46. The van der Waals surface area contributed by atoms with Crippen LogP contribution in [-0.4, -0.2) is 25.0 Å². The van der Waals surface area contributed by atoms with Crippen LogP contribution in [0.4, 0.5) is 0 Å². The van der Waals surface area contributed by atoms with E-state index in [1.807, 2.05) is 24.3 Å². The van der Waals surface area contributed by atoms with Crippen molar-refractivity contribution in [1.82, 2.24) is 5.32 Å². The molecule has 0 bridgehead atoms. The summed E-state index contributed by atoms with van der Waals surface area (Å²) in [5.41, 5.74) is 3.63. The van der Waals surface area contributed by atoms with Gasteiger partial charge in [-0.05, 0) is 35.6 Å². The van der Waals surface area contributed by atoms with Gasteiger partial charge in [-0.2, -0.15) is 5.26 Å². The summed E-state index contributed by atoms with van der Waals surface area (Å²) in [6.07, 6.45) is 2.11. The Hall–Kier alpha value is -2.65. The highest BCUT2D eigenvalue weighted by Crippen LogP contribution is 2.39. The van der Waals surface area contributed by atoms with E-state index in [-0.39, 0.29) is 19.6 Å². The van der Waals surface area contributed by atoms with Gasteiger partial charge in [0.1, 0.15) is 4.88 Å². The highest BCUT2D eigenvalue weighted by Gasteiger charge is 2.22. The summed E-state index contributed by atoms with van der Waals surface area (Å²) in [6.45, 7) is -0.0691. The van der Waals surface area contributed by atoms with Gasteiger partial charge in [-0.25, -0.2) is 4.79 Å². The maximum Gasteiger partial charge on any atom is 0.348 e. The molecular formula is C18H16N2O3S. The number of hydrogen-bond acceptors (Lipinski definition) is 5. The van der Waals surface area contributed by atoms with Crippen molar-refractivity contribution >= 4 is 23.2 Å². The number of fused-ring (bicyclic) bond motifs is 3. The van der Waals surface area contributed by atoms with Gasteiger partial charge in [0, 0.05) is 11.4 Å². The van der Waals surface area contributed by atoms with Crippen LogP contribution in [0.15, 0.2) is 30.3 Å². The highest BCUT2D eigenvalue weighted by atomic mass is 32.1. The zero-order valence-electron chi connectivity index (χ0n) is 13.0. The molecule has 1 amide bonds. The monoisotopic (exact) mass is 340 g/mol. The van der Waals surface area contributed by atoms with Gasteiger partial charge >= 0.3 is 5.97 Å². The highest BCUT2D eigenvalue weighted by molar-refractivity contribution is 7.17. The summed E-state index contributed by atoms with van der Waals surface area (Å²) in [5.74, 6) is -0.882. The molecule has 0 spiro atoms. The summed E-state index contributed by atoms with van der Waals surface area (Å²) < 4.78 is 5.06. The van der Waals surface area contributed by atoms with Crippen LogP contribution in [-0.2, 0) is 22.4 Å². The molecule has 1 aromatic carbocycles. The third-order valence-corrected chi connectivity index (χ3v) is 5.02. The van der Waals surface area contributed by atoms with Crippen LogP contribution in [0.25, 0.3) is 10.4 Å². The quantitative estimate of drug-likeness (QED) is 0.670. The molecule has 6 heteroatoms. The normalized spacial score (nSPS) is 11.8. The average molecular weight is 340 g/mol. The van der Waals surface area contributed by atoms with Crippen LogP contribution in [0.1, 0.15) is 27.2 Å². The molecule has 0 aliphatic heterocycles. The van der Waals surface area contributed by atoms with Gasteiger partial charge in [0.2, 0.25) is 0 Å². The molecule has 24 heavy (non-hydrogen) atoms. The maximum atomic E-state index is 12.2. The van der Waals surface area contributed by atoms with Gasteiger partial charge in [0.15, 0.2) is 6.61 Å². The first-order valence-electron chi connectivity index (χ1n) is 7.71. The lowest BCUT2D eigenvalue weighted by molar-refractivity contribution is -0.124. The Labute approximate surface area is 143 Å². The first kappa shape index (κ1) is 16.2. The second kappa shape index (κ2) is 7.28. The number of nitrogens with zero attached hydrogens (tertiary/aromatic N) is 1. The molecular weight excluding hydrogens is 324 g/mol. The zero-order chi connectivity index (χ0) is 16.9. The minimum atomic E-state index is -0.484. The standard InChI is InChI=1S/C18H16N2O3S/c19-8-3-9-20-16(21)11-23-18(22)15-10-13-7-6-12-4-1-2-5-14(12)17(13)24-15/h1-2,4-5,10H,3,6-7,9,11H2,(H,20,21). The number of amides is 1. The van der Waals surface area contributed by atoms with Gasteiger partial charge in [-0.15, -0.1) is 11.3 Å². The van der Waals surface area contributed by atoms with Gasteiger partial charge in [0.25, 0.3) is 5.91 Å². The minimum absolute atomic E-state index is 0.233. The number of thiophene rings is 1. The summed E-state index contributed by atoms with van der Waals surface area (Å²) in [6, 6.07) is 12.0. The molecule has 1 heterocycles. The van der Waals surface area contributed by atoms with E-state index in [2.05, 4.69) is 17.4 Å². The van der Waals surface area contributed by atoms with Crippen LogP contribution in [0.3, 0.4) is 0 Å². The lowest BCUT2D eigenvalue weighted by atomic mass is 9.91. The van der Waals surface area contributed by atoms with Crippen LogP contribution in [0.2, 0.25) is 0 Å². The van der Waals surface area contributed by atoms with E-state index in [4.69, 9.17) is 10.00 Å². The fraction of sp³-hybridized carbons (Fsp3) is 0.278. The first-order chi connectivity index (χ1) is 11.7. The third kappa shape index (κ3) is 3.47. The predicted molar refractivity (Wildman–Crippen MR) is 90.7 cm³/mol. The summed E-state index contributed by atoms with van der Waals surface area (Å²) in [5, 5.41) is 10.9. The van der Waals surface area contributed by atoms with Crippen LogP contribution in [0, 0.1) is 11.3 Å². The number of nitrogens with one attached hydrogen (secondary N) is 1. The predicted octanol–water partition coefficient (Wildman–Crippen LogP) is 2.70. The second-order valence-corrected chi connectivity index (χ2v) is 6.51. The molecule has 0 saturated heterocycles. The van der Waals surface area contributed by atoms with E-state index < -0.39 is 11.9 Å². The molecule has 0 atom stereocenters. The van der Waals surface area contributed by atoms with E-state index >= 15 is 0 Å². The fourth-order valence-electron chi connectivity index (χ4n) is 2.68. The van der Waals surface area contributed by atoms with Crippen molar-refractivity contribution in [3.8, 4) is 16.5 Å². The number of hydrogen-bond donors (Lipinski definition) is 1. The molecule has 1 N–H and O–H groups in total. The number of nitriles is 1. The van der Waals surface area contributed by atoms with Crippen molar-refractivity contribution in [2.75, 3.05) is 13.2 Å². The Morgan fingerprint density at radius 1 is 1.25 bits per heavy atom. The molecule has 0 unspecified atom stereocenters. The molecule has 1 aromatic heterocycles. The van der Waals surface area contributed by atoms with E-state index in [0.29, 0.717) is 4.88 Å². The summed E-state index contributed by atoms with van der Waals surface area (Å²) in [4.78, 5) is 25.3. The van der Waals surface area contributed by atoms with E-state index in [1.165, 1.54) is 22.5 Å². The Morgan fingerprint density at radius 3 is 2.88 bits per heavy atom. The summed E-state index contributed by atoms with van der Waals surface area (Å²) in [7, 11) is 0. The van der Waals surface area contributed by atoms with Gasteiger partial charge in [-0.1, -0.05) is 24.3 Å². The van der Waals surface area contributed by atoms with Crippen molar-refractivity contribution in [1.29, 1.82) is 5.26 Å². The SMILES string of the molecule is N#CCCNC(=O)COC(=O)c1cc2c(s1)-c1ccccc1CC2. The lowest BCUT2D eigenvalue weighted by Gasteiger charge is -2.15. The van der Waals surface area contributed by atoms with Crippen LogP contribution >= 0.6 is 11.3 Å². The Morgan fingerprint density at radius 2 is 2.04 bits per heavy atom. The van der Waals surface area contributed by atoms with E-state index in [0.717, 1.165) is 23.3 Å². The largest absolute Gasteiger partial charge is 0.451 e. The number of aryl methyl sites for hydroxylation is 2. The number of esters is 1. The molecule has 3 rings (SSSR count). The van der Waals surface area contributed by atoms with Gasteiger partial charge in [0.05, 0.1) is 12.5 Å².